The Hall–Kier alpha value is -1.33. The van der Waals surface area contributed by atoms with Crippen molar-refractivity contribution in [2.45, 2.75) is 5.88 Å². The van der Waals surface area contributed by atoms with E-state index in [4.69, 9.17) is 16.3 Å². The van der Waals surface area contributed by atoms with E-state index in [1.807, 2.05) is 54.6 Å². The second kappa shape index (κ2) is 5.97. The summed E-state index contributed by atoms with van der Waals surface area (Å²) in [4.78, 5) is 4.56. The van der Waals surface area contributed by atoms with Crippen molar-refractivity contribution in [1.82, 2.24) is 4.98 Å². The predicted octanol–water partition coefficient (Wildman–Crippen LogP) is 5.37. The van der Waals surface area contributed by atoms with Crippen molar-refractivity contribution >= 4 is 45.1 Å². The number of ether oxygens (including phenoxy) is 1. The number of para-hydroxylation sites is 1. The molecule has 0 aliphatic rings. The number of nitrogens with zero attached hydrogens (tertiary/aromatic N) is 1. The first-order valence-electron chi connectivity index (χ1n) is 6.14. The van der Waals surface area contributed by atoms with Crippen LogP contribution < -0.4 is 4.74 Å². The molecule has 4 heteroatoms. The van der Waals surface area contributed by atoms with Gasteiger partial charge in [-0.3, -0.25) is 0 Å². The van der Waals surface area contributed by atoms with Crippen LogP contribution in [0, 0.1) is 3.57 Å². The SMILES string of the molecule is ClCc1cc2ccccc2nc1Oc1cccc(I)c1. The van der Waals surface area contributed by atoms with Crippen molar-refractivity contribution in [3.8, 4) is 11.6 Å². The molecule has 100 valence electrons. The Morgan fingerprint density at radius 2 is 1.90 bits per heavy atom. The fraction of sp³-hybridized carbons (Fsp3) is 0.0625. The molecule has 0 amide bonds. The molecule has 0 unspecified atom stereocenters. The van der Waals surface area contributed by atoms with Crippen LogP contribution in [0.25, 0.3) is 10.9 Å². The van der Waals surface area contributed by atoms with Gasteiger partial charge in [-0.15, -0.1) is 11.6 Å². The molecule has 1 heterocycles. The fourth-order valence-corrected chi connectivity index (χ4v) is 2.67. The van der Waals surface area contributed by atoms with Crippen LogP contribution in [0.3, 0.4) is 0 Å². The molecule has 3 rings (SSSR count). The maximum absolute atomic E-state index is 6.01. The van der Waals surface area contributed by atoms with E-state index in [9.17, 15) is 0 Å². The maximum Gasteiger partial charge on any atom is 0.224 e. The molecule has 2 nitrogen and oxygen atoms in total. The maximum atomic E-state index is 6.01. The lowest BCUT2D eigenvalue weighted by Gasteiger charge is -2.10. The van der Waals surface area contributed by atoms with Gasteiger partial charge in [0.1, 0.15) is 5.75 Å². The van der Waals surface area contributed by atoms with Crippen LogP contribution in [0.1, 0.15) is 5.56 Å². The Morgan fingerprint density at radius 1 is 1.05 bits per heavy atom. The monoisotopic (exact) mass is 395 g/mol. The van der Waals surface area contributed by atoms with E-state index in [2.05, 4.69) is 27.6 Å². The Bertz CT molecular complexity index is 760. The van der Waals surface area contributed by atoms with E-state index in [1.54, 1.807) is 0 Å². The molecule has 0 radical (unpaired) electrons. The molecular weight excluding hydrogens is 385 g/mol. The first-order chi connectivity index (χ1) is 9.76. The molecule has 1 aromatic heterocycles. The standard InChI is InChI=1S/C16H11ClINO/c17-10-12-8-11-4-1-2-7-15(11)19-16(12)20-14-6-3-5-13(18)9-14/h1-9H,10H2. The van der Waals surface area contributed by atoms with Crippen LogP contribution >= 0.6 is 34.2 Å². The lowest BCUT2D eigenvalue weighted by atomic mass is 10.2. The largest absolute Gasteiger partial charge is 0.439 e. The quantitative estimate of drug-likeness (QED) is 0.439. The summed E-state index contributed by atoms with van der Waals surface area (Å²) in [6.45, 7) is 0. The molecule has 0 N–H and O–H groups in total. The second-order valence-electron chi connectivity index (χ2n) is 4.34. The Kier molecular flexibility index (Phi) is 4.08. The minimum atomic E-state index is 0.372. The van der Waals surface area contributed by atoms with E-state index < -0.39 is 0 Å². The summed E-state index contributed by atoms with van der Waals surface area (Å²) in [5.41, 5.74) is 1.80. The van der Waals surface area contributed by atoms with Gasteiger partial charge < -0.3 is 4.74 Å². The Balaban J connectivity index is 2.05. The lowest BCUT2D eigenvalue weighted by molar-refractivity contribution is 0.460. The van der Waals surface area contributed by atoms with Crippen LogP contribution in [0.4, 0.5) is 0 Å². The molecule has 2 aromatic carbocycles. The predicted molar refractivity (Wildman–Crippen MR) is 90.5 cm³/mol. The number of benzene rings is 2. The highest BCUT2D eigenvalue weighted by Gasteiger charge is 2.08. The third kappa shape index (κ3) is 2.88. The van der Waals surface area contributed by atoms with Crippen molar-refractivity contribution in [3.63, 3.8) is 0 Å². The highest BCUT2D eigenvalue weighted by molar-refractivity contribution is 14.1. The molecule has 3 aromatic rings. The zero-order chi connectivity index (χ0) is 13.9. The molecule has 0 aliphatic carbocycles. The van der Waals surface area contributed by atoms with Crippen LogP contribution in [0.2, 0.25) is 0 Å². The minimum Gasteiger partial charge on any atom is -0.439 e. The van der Waals surface area contributed by atoms with E-state index in [0.29, 0.717) is 11.8 Å². The van der Waals surface area contributed by atoms with Gasteiger partial charge in [0.15, 0.2) is 0 Å². The summed E-state index contributed by atoms with van der Waals surface area (Å²) in [5, 5.41) is 1.07. The van der Waals surface area contributed by atoms with E-state index >= 15 is 0 Å². The molecular formula is C16H11ClINO. The molecule has 0 bridgehead atoms. The van der Waals surface area contributed by atoms with Gasteiger partial charge in [0, 0.05) is 14.5 Å². The van der Waals surface area contributed by atoms with E-state index in [-0.39, 0.29) is 0 Å². The Labute approximate surface area is 135 Å². The summed E-state index contributed by atoms with van der Waals surface area (Å²) >= 11 is 8.26. The number of alkyl halides is 1. The van der Waals surface area contributed by atoms with E-state index in [0.717, 1.165) is 25.8 Å². The van der Waals surface area contributed by atoms with Gasteiger partial charge >= 0.3 is 0 Å². The zero-order valence-corrected chi connectivity index (χ0v) is 13.4. The van der Waals surface area contributed by atoms with Crippen molar-refractivity contribution in [1.29, 1.82) is 0 Å². The van der Waals surface area contributed by atoms with E-state index in [1.165, 1.54) is 0 Å². The molecule has 20 heavy (non-hydrogen) atoms. The number of aromatic nitrogens is 1. The molecule has 0 fully saturated rings. The van der Waals surface area contributed by atoms with Crippen molar-refractivity contribution in [3.05, 3.63) is 63.7 Å². The smallest absolute Gasteiger partial charge is 0.224 e. The Morgan fingerprint density at radius 3 is 2.70 bits per heavy atom. The highest BCUT2D eigenvalue weighted by Crippen LogP contribution is 2.28. The fourth-order valence-electron chi connectivity index (χ4n) is 1.97. The number of hydrogen-bond donors (Lipinski definition) is 0. The molecule has 0 atom stereocenters. The topological polar surface area (TPSA) is 22.1 Å². The average Bonchev–Trinajstić information content (AvgIpc) is 2.46. The molecule has 0 saturated carbocycles. The van der Waals surface area contributed by atoms with Crippen LogP contribution in [0.15, 0.2) is 54.6 Å². The van der Waals surface area contributed by atoms with Gasteiger partial charge in [0.2, 0.25) is 5.88 Å². The summed E-state index contributed by atoms with van der Waals surface area (Å²) < 4.78 is 7.01. The first-order valence-corrected chi connectivity index (χ1v) is 7.75. The summed E-state index contributed by atoms with van der Waals surface area (Å²) in [7, 11) is 0. The van der Waals surface area contributed by atoms with Crippen LogP contribution in [-0.4, -0.2) is 4.98 Å². The number of halogens is 2. The van der Waals surface area contributed by atoms with Crippen LogP contribution in [-0.2, 0) is 5.88 Å². The molecule has 0 spiro atoms. The summed E-state index contributed by atoms with van der Waals surface area (Å²) in [5.74, 6) is 1.71. The first kappa shape index (κ1) is 13.6. The normalized spacial score (nSPS) is 10.7. The molecule has 0 saturated heterocycles. The third-order valence-electron chi connectivity index (χ3n) is 2.92. The number of hydrogen-bond acceptors (Lipinski definition) is 2. The molecule has 0 aliphatic heterocycles. The minimum absolute atomic E-state index is 0.372. The van der Waals surface area contributed by atoms with Crippen LogP contribution in [0.5, 0.6) is 11.6 Å². The van der Waals surface area contributed by atoms with Gasteiger partial charge in [0.25, 0.3) is 0 Å². The third-order valence-corrected chi connectivity index (χ3v) is 3.88. The lowest BCUT2D eigenvalue weighted by Crippen LogP contribution is -1.94. The van der Waals surface area contributed by atoms with Gasteiger partial charge in [0.05, 0.1) is 11.4 Å². The van der Waals surface area contributed by atoms with Gasteiger partial charge in [-0.25, -0.2) is 4.98 Å². The zero-order valence-electron chi connectivity index (χ0n) is 10.5. The second-order valence-corrected chi connectivity index (χ2v) is 5.85. The number of pyridine rings is 1. The van der Waals surface area contributed by atoms with Crippen molar-refractivity contribution in [2.75, 3.05) is 0 Å². The van der Waals surface area contributed by atoms with Gasteiger partial charge in [-0.2, -0.15) is 0 Å². The number of fused-ring (bicyclic) bond motifs is 1. The summed E-state index contributed by atoms with van der Waals surface area (Å²) in [6, 6.07) is 17.8. The van der Waals surface area contributed by atoms with Crippen molar-refractivity contribution in [2.24, 2.45) is 0 Å². The van der Waals surface area contributed by atoms with Crippen molar-refractivity contribution < 1.29 is 4.74 Å². The van der Waals surface area contributed by atoms with Gasteiger partial charge in [-0.05, 0) is 52.9 Å². The highest BCUT2D eigenvalue weighted by atomic mass is 127. The number of rotatable bonds is 3. The summed E-state index contributed by atoms with van der Waals surface area (Å²) in [6.07, 6.45) is 0. The van der Waals surface area contributed by atoms with Gasteiger partial charge in [-0.1, -0.05) is 24.3 Å². The average molecular weight is 396 g/mol.